The Morgan fingerprint density at radius 1 is 0.280 bits per heavy atom. The van der Waals surface area contributed by atoms with Crippen LogP contribution in [0, 0.1) is 0 Å². The van der Waals surface area contributed by atoms with Crippen molar-refractivity contribution in [3.63, 3.8) is 0 Å². The normalized spacial score (nSPS) is 12.4. The van der Waals surface area contributed by atoms with Gasteiger partial charge in [0, 0.05) is 33.4 Å². The molecule has 0 N–H and O–H groups in total. The Morgan fingerprint density at radius 3 is 1.35 bits per heavy atom. The van der Waals surface area contributed by atoms with Crippen LogP contribution in [0.25, 0.3) is 83.1 Å². The van der Waals surface area contributed by atoms with E-state index in [2.05, 4.69) is 313 Å². The molecule has 1 heterocycles. The molecule has 0 aliphatic heterocycles. The predicted octanol–water partition coefficient (Wildman–Crippen LogP) is 19.3. The highest BCUT2D eigenvalue weighted by Gasteiger charge is 2.46. The van der Waals surface area contributed by atoms with Gasteiger partial charge in [0.2, 0.25) is 0 Å². The fourth-order valence-electron chi connectivity index (χ4n) is 12.2. The fourth-order valence-corrected chi connectivity index (χ4v) is 12.2. The lowest BCUT2D eigenvalue weighted by molar-refractivity contribution is 0.768. The maximum absolute atomic E-state index is 2.49. The molecule has 0 radical (unpaired) electrons. The molecule has 0 saturated heterocycles. The molecule has 75 heavy (non-hydrogen) atoms. The van der Waals surface area contributed by atoms with Crippen molar-refractivity contribution in [2.24, 2.45) is 0 Å². The highest BCUT2D eigenvalue weighted by molar-refractivity contribution is 6.09. The molecule has 1 aliphatic rings. The highest BCUT2D eigenvalue weighted by atomic mass is 15.1. The Balaban J connectivity index is 0.972. The van der Waals surface area contributed by atoms with Gasteiger partial charge in [-0.15, -0.1) is 0 Å². The monoisotopic (exact) mass is 954 g/mol. The molecule has 12 aromatic carbocycles. The van der Waals surface area contributed by atoms with Gasteiger partial charge in [-0.05, 0) is 127 Å². The summed E-state index contributed by atoms with van der Waals surface area (Å²) in [5.41, 5.74) is 23.1. The molecule has 2 nitrogen and oxygen atoms in total. The summed E-state index contributed by atoms with van der Waals surface area (Å²) in [5.74, 6) is 0. The van der Waals surface area contributed by atoms with E-state index in [-0.39, 0.29) is 0 Å². The largest absolute Gasteiger partial charge is 0.310 e. The van der Waals surface area contributed by atoms with Gasteiger partial charge in [-0.2, -0.15) is 0 Å². The van der Waals surface area contributed by atoms with E-state index in [0.29, 0.717) is 0 Å². The molecular formula is C73H50N2. The maximum Gasteiger partial charge on any atom is 0.0713 e. The zero-order valence-corrected chi connectivity index (χ0v) is 41.3. The summed E-state index contributed by atoms with van der Waals surface area (Å²) in [4.78, 5) is 2.49. The number of aromatic nitrogens is 1. The molecule has 0 atom stereocenters. The number of benzene rings is 12. The van der Waals surface area contributed by atoms with Gasteiger partial charge in [0.05, 0.1) is 22.1 Å². The van der Waals surface area contributed by atoms with Crippen LogP contribution >= 0.6 is 0 Å². The summed E-state index contributed by atoms with van der Waals surface area (Å²) in [5, 5.41) is 2.52. The van der Waals surface area contributed by atoms with Crippen LogP contribution in [-0.2, 0) is 5.41 Å². The van der Waals surface area contributed by atoms with Crippen molar-refractivity contribution in [3.8, 4) is 61.3 Å². The second-order valence-electron chi connectivity index (χ2n) is 19.5. The first-order chi connectivity index (χ1) is 37.2. The van der Waals surface area contributed by atoms with Crippen molar-refractivity contribution in [1.29, 1.82) is 0 Å². The average Bonchev–Trinajstić information content (AvgIpc) is 4.01. The van der Waals surface area contributed by atoms with Gasteiger partial charge < -0.3 is 9.47 Å². The van der Waals surface area contributed by atoms with E-state index >= 15 is 0 Å². The molecule has 1 aromatic heterocycles. The van der Waals surface area contributed by atoms with E-state index in [9.17, 15) is 0 Å². The first kappa shape index (κ1) is 44.0. The van der Waals surface area contributed by atoms with Crippen LogP contribution in [0.3, 0.4) is 0 Å². The average molecular weight is 955 g/mol. The van der Waals surface area contributed by atoms with Crippen LogP contribution in [-0.4, -0.2) is 4.57 Å². The molecular weight excluding hydrogens is 905 g/mol. The van der Waals surface area contributed by atoms with E-state index in [0.717, 1.165) is 45.0 Å². The predicted molar refractivity (Wildman–Crippen MR) is 315 cm³/mol. The van der Waals surface area contributed by atoms with Crippen LogP contribution < -0.4 is 4.90 Å². The smallest absolute Gasteiger partial charge is 0.0713 e. The zero-order chi connectivity index (χ0) is 49.7. The number of nitrogens with zero attached hydrogens (tertiary/aromatic N) is 2. The number of anilines is 3. The van der Waals surface area contributed by atoms with Crippen molar-refractivity contribution in [3.05, 3.63) is 326 Å². The van der Waals surface area contributed by atoms with Crippen LogP contribution in [0.1, 0.15) is 22.3 Å². The fraction of sp³-hybridized carbons (Fsp3) is 0.0137. The molecule has 0 unspecified atom stereocenters. The second-order valence-corrected chi connectivity index (χ2v) is 19.5. The lowest BCUT2D eigenvalue weighted by Gasteiger charge is -2.34. The Labute approximate surface area is 438 Å². The molecule has 0 bridgehead atoms. The highest BCUT2D eigenvalue weighted by Crippen LogP contribution is 2.58. The first-order valence-corrected chi connectivity index (χ1v) is 25.9. The Kier molecular flexibility index (Phi) is 10.8. The number of fused-ring (bicyclic) bond motifs is 6. The van der Waals surface area contributed by atoms with Crippen molar-refractivity contribution in [2.45, 2.75) is 5.41 Å². The van der Waals surface area contributed by atoms with Crippen LogP contribution in [0.5, 0.6) is 0 Å². The number of hydrogen-bond donors (Lipinski definition) is 0. The molecule has 352 valence electrons. The Bertz CT molecular complexity index is 4100. The van der Waals surface area contributed by atoms with Crippen molar-refractivity contribution < 1.29 is 0 Å². The minimum atomic E-state index is -0.510. The second kappa shape index (κ2) is 18.4. The molecule has 0 fully saturated rings. The van der Waals surface area contributed by atoms with E-state index in [4.69, 9.17) is 0 Å². The van der Waals surface area contributed by atoms with Gasteiger partial charge in [-0.25, -0.2) is 0 Å². The molecule has 2 heteroatoms. The number of hydrogen-bond acceptors (Lipinski definition) is 1. The van der Waals surface area contributed by atoms with E-state index in [1.807, 2.05) is 0 Å². The zero-order valence-electron chi connectivity index (χ0n) is 41.3. The van der Waals surface area contributed by atoms with Crippen LogP contribution in [0.15, 0.2) is 303 Å². The lowest BCUT2D eigenvalue weighted by Crippen LogP contribution is -2.28. The van der Waals surface area contributed by atoms with Crippen LogP contribution in [0.4, 0.5) is 17.1 Å². The van der Waals surface area contributed by atoms with Gasteiger partial charge in [0.15, 0.2) is 0 Å². The minimum Gasteiger partial charge on any atom is -0.310 e. The quantitative estimate of drug-likeness (QED) is 0.133. The van der Waals surface area contributed by atoms with Gasteiger partial charge in [0.1, 0.15) is 0 Å². The summed E-state index contributed by atoms with van der Waals surface area (Å²) < 4.78 is 2.38. The number of rotatable bonds is 10. The molecule has 0 saturated carbocycles. The van der Waals surface area contributed by atoms with Crippen molar-refractivity contribution >= 4 is 38.9 Å². The molecule has 0 spiro atoms. The number of para-hydroxylation sites is 2. The van der Waals surface area contributed by atoms with Crippen molar-refractivity contribution in [2.75, 3.05) is 4.90 Å². The minimum absolute atomic E-state index is 0.510. The van der Waals surface area contributed by atoms with Gasteiger partial charge in [-0.3, -0.25) is 0 Å². The Hall–Kier alpha value is -9.76. The van der Waals surface area contributed by atoms with Gasteiger partial charge in [0.25, 0.3) is 0 Å². The van der Waals surface area contributed by atoms with E-state index in [1.54, 1.807) is 0 Å². The lowest BCUT2D eigenvalue weighted by atomic mass is 9.68. The van der Waals surface area contributed by atoms with Crippen molar-refractivity contribution in [1.82, 2.24) is 4.57 Å². The third kappa shape index (κ3) is 7.25. The topological polar surface area (TPSA) is 8.17 Å². The molecule has 0 amide bonds. The molecule has 1 aliphatic carbocycles. The summed E-state index contributed by atoms with van der Waals surface area (Å²) in [6, 6.07) is 111. The van der Waals surface area contributed by atoms with Crippen LogP contribution in [0.2, 0.25) is 0 Å². The molecule has 14 rings (SSSR count). The third-order valence-electron chi connectivity index (χ3n) is 15.5. The van der Waals surface area contributed by atoms with E-state index in [1.165, 1.54) is 77.4 Å². The summed E-state index contributed by atoms with van der Waals surface area (Å²) >= 11 is 0. The Morgan fingerprint density at radius 2 is 0.733 bits per heavy atom. The van der Waals surface area contributed by atoms with E-state index < -0.39 is 5.41 Å². The first-order valence-electron chi connectivity index (χ1n) is 25.9. The maximum atomic E-state index is 2.49. The SMILES string of the molecule is c1ccc(-c2ccccc2-c2c(-c3ccccc3)cccc2N(c2ccc(-c3ccc(-n4c5ccccc5c5ccccc54)cc3)cc2)c2ccc3c(c2)-c2ccccc2C3(c2ccccc2)c2ccccc2)cc1. The summed E-state index contributed by atoms with van der Waals surface area (Å²) in [7, 11) is 0. The van der Waals surface area contributed by atoms with Gasteiger partial charge in [-0.1, -0.05) is 249 Å². The summed E-state index contributed by atoms with van der Waals surface area (Å²) in [6.07, 6.45) is 0. The molecule has 13 aromatic rings. The third-order valence-corrected chi connectivity index (χ3v) is 15.5. The summed E-state index contributed by atoms with van der Waals surface area (Å²) in [6.45, 7) is 0. The van der Waals surface area contributed by atoms with Gasteiger partial charge >= 0.3 is 0 Å². The standard InChI is InChI=1S/C73H50N2/c1-5-22-53(23-6-1)60-30-13-14-34-65(60)72-61(54-24-7-2-8-25-54)35-21-39-71(72)74(57-44-40-51(41-45-57)52-42-46-58(47-43-52)75-69-37-19-16-32-63(69)64-33-17-20-38-70(64)75)59-48-49-68-66(50-59)62-31-15-18-36-67(62)73(68,55-26-9-3-10-27-55)56-28-11-4-12-29-56/h1-50H.